The summed E-state index contributed by atoms with van der Waals surface area (Å²) in [5, 5.41) is 4.47. The molecule has 3 nitrogen and oxygen atoms in total. The third-order valence-electron chi connectivity index (χ3n) is 3.88. The second-order valence-corrected chi connectivity index (χ2v) is 7.07. The van der Waals surface area contributed by atoms with E-state index in [0.29, 0.717) is 11.7 Å². The molecule has 0 aliphatic heterocycles. The first-order valence-corrected chi connectivity index (χ1v) is 8.53. The van der Waals surface area contributed by atoms with Crippen molar-refractivity contribution in [3.8, 4) is 11.4 Å². The van der Waals surface area contributed by atoms with Crippen LogP contribution in [0.2, 0.25) is 0 Å². The third-order valence-corrected chi connectivity index (χ3v) is 4.26. The van der Waals surface area contributed by atoms with Gasteiger partial charge in [-0.2, -0.15) is 5.10 Å². The molecule has 1 fully saturated rings. The highest BCUT2D eigenvalue weighted by molar-refractivity contribution is 9.10. The number of nitrogens with zero attached hydrogens (tertiary/aromatic N) is 2. The molecule has 0 amide bonds. The van der Waals surface area contributed by atoms with Crippen molar-refractivity contribution in [2.45, 2.75) is 45.6 Å². The molecule has 3 rings (SSSR count). The van der Waals surface area contributed by atoms with Gasteiger partial charge in [0.15, 0.2) is 11.6 Å². The van der Waals surface area contributed by atoms with Crippen LogP contribution in [0.15, 0.2) is 28.9 Å². The molecule has 0 atom stereocenters. The fraction of sp³-hybridized carbons (Fsp3) is 0.471. The van der Waals surface area contributed by atoms with Gasteiger partial charge < -0.3 is 4.74 Å². The zero-order chi connectivity index (χ0) is 15.7. The van der Waals surface area contributed by atoms with Gasteiger partial charge in [-0.05, 0) is 65.7 Å². The Morgan fingerprint density at radius 2 is 2.14 bits per heavy atom. The van der Waals surface area contributed by atoms with E-state index >= 15 is 0 Å². The van der Waals surface area contributed by atoms with Crippen molar-refractivity contribution in [2.24, 2.45) is 5.92 Å². The van der Waals surface area contributed by atoms with Gasteiger partial charge in [0.25, 0.3) is 0 Å². The molecule has 1 saturated carbocycles. The van der Waals surface area contributed by atoms with Gasteiger partial charge in [-0.25, -0.2) is 9.07 Å². The van der Waals surface area contributed by atoms with E-state index in [-0.39, 0.29) is 11.9 Å². The van der Waals surface area contributed by atoms with Gasteiger partial charge in [-0.1, -0.05) is 13.8 Å². The van der Waals surface area contributed by atoms with E-state index < -0.39 is 0 Å². The Bertz CT molecular complexity index is 665. The summed E-state index contributed by atoms with van der Waals surface area (Å²) in [6.45, 7) is 4.34. The van der Waals surface area contributed by atoms with Crippen molar-refractivity contribution in [2.75, 3.05) is 0 Å². The van der Waals surface area contributed by atoms with E-state index in [2.05, 4.69) is 34.9 Å². The fourth-order valence-electron chi connectivity index (χ4n) is 2.56. The lowest BCUT2D eigenvalue weighted by atomic mass is 9.96. The average molecular weight is 367 g/mol. The molecule has 1 aliphatic carbocycles. The van der Waals surface area contributed by atoms with Crippen LogP contribution in [0, 0.1) is 11.7 Å². The van der Waals surface area contributed by atoms with Crippen LogP contribution in [0.25, 0.3) is 5.69 Å². The van der Waals surface area contributed by atoms with Gasteiger partial charge in [0, 0.05) is 11.8 Å². The lowest BCUT2D eigenvalue weighted by molar-refractivity contribution is 0.115. The first-order chi connectivity index (χ1) is 10.5. The van der Waals surface area contributed by atoms with Crippen LogP contribution in [-0.2, 0) is 6.42 Å². The van der Waals surface area contributed by atoms with E-state index in [1.807, 2.05) is 10.7 Å². The molecular weight excluding hydrogens is 347 g/mol. The van der Waals surface area contributed by atoms with E-state index in [4.69, 9.17) is 4.74 Å². The summed E-state index contributed by atoms with van der Waals surface area (Å²) in [6.07, 6.45) is 4.25. The number of halogens is 2. The molecule has 0 N–H and O–H groups in total. The zero-order valence-corrected chi connectivity index (χ0v) is 14.4. The molecule has 0 bridgehead atoms. The SMILES string of the molecule is CC(C)Cc1cc(Br)nn1-c1ccc(F)c(OC2CCC2)c1. The van der Waals surface area contributed by atoms with Gasteiger partial charge >= 0.3 is 0 Å². The highest BCUT2D eigenvalue weighted by Crippen LogP contribution is 2.29. The highest BCUT2D eigenvalue weighted by atomic mass is 79.9. The molecule has 0 spiro atoms. The summed E-state index contributed by atoms with van der Waals surface area (Å²) >= 11 is 3.43. The van der Waals surface area contributed by atoms with Gasteiger partial charge in [-0.15, -0.1) is 0 Å². The Kier molecular flexibility index (Phi) is 4.52. The molecule has 0 radical (unpaired) electrons. The predicted molar refractivity (Wildman–Crippen MR) is 88.0 cm³/mol. The number of aromatic nitrogens is 2. The molecule has 0 saturated heterocycles. The van der Waals surface area contributed by atoms with Crippen LogP contribution in [0.3, 0.4) is 0 Å². The Hall–Kier alpha value is -1.36. The minimum Gasteiger partial charge on any atom is -0.487 e. The van der Waals surface area contributed by atoms with E-state index in [1.54, 1.807) is 12.1 Å². The molecule has 1 aromatic heterocycles. The average Bonchev–Trinajstić information content (AvgIpc) is 2.75. The monoisotopic (exact) mass is 366 g/mol. The topological polar surface area (TPSA) is 27.1 Å². The summed E-state index contributed by atoms with van der Waals surface area (Å²) in [4.78, 5) is 0. The van der Waals surface area contributed by atoms with E-state index in [0.717, 1.165) is 41.7 Å². The number of hydrogen-bond acceptors (Lipinski definition) is 2. The summed E-state index contributed by atoms with van der Waals surface area (Å²) in [6, 6.07) is 6.96. The predicted octanol–water partition coefficient (Wildman–Crippen LogP) is 4.90. The molecule has 1 aromatic carbocycles. The first kappa shape index (κ1) is 15.5. The lowest BCUT2D eigenvalue weighted by Gasteiger charge is -2.26. The first-order valence-electron chi connectivity index (χ1n) is 7.74. The van der Waals surface area contributed by atoms with Crippen molar-refractivity contribution in [3.05, 3.63) is 40.4 Å². The van der Waals surface area contributed by atoms with Crippen LogP contribution in [-0.4, -0.2) is 15.9 Å². The number of benzene rings is 1. The molecule has 22 heavy (non-hydrogen) atoms. The molecule has 2 aromatic rings. The van der Waals surface area contributed by atoms with Crippen LogP contribution in [0.5, 0.6) is 5.75 Å². The van der Waals surface area contributed by atoms with Crippen molar-refractivity contribution in [1.29, 1.82) is 0 Å². The van der Waals surface area contributed by atoms with Gasteiger partial charge in [-0.3, -0.25) is 0 Å². The Morgan fingerprint density at radius 1 is 1.36 bits per heavy atom. The molecule has 5 heteroatoms. The molecule has 0 unspecified atom stereocenters. The smallest absolute Gasteiger partial charge is 0.165 e. The maximum absolute atomic E-state index is 14.0. The van der Waals surface area contributed by atoms with Gasteiger partial charge in [0.1, 0.15) is 4.60 Å². The summed E-state index contributed by atoms with van der Waals surface area (Å²) in [5.41, 5.74) is 1.93. The summed E-state index contributed by atoms with van der Waals surface area (Å²) in [7, 11) is 0. The van der Waals surface area contributed by atoms with Crippen molar-refractivity contribution in [3.63, 3.8) is 0 Å². The second kappa shape index (κ2) is 6.41. The molecule has 1 heterocycles. The standard InChI is InChI=1S/C17H20BrFN2O/c1-11(2)8-13-10-17(18)20-21(13)12-6-7-15(19)16(9-12)22-14-4-3-5-14/h6-7,9-11,14H,3-5,8H2,1-2H3. The molecule has 118 valence electrons. The van der Waals surface area contributed by atoms with Crippen LogP contribution >= 0.6 is 15.9 Å². The number of ether oxygens (including phenoxy) is 1. The maximum atomic E-state index is 14.0. The second-order valence-electron chi connectivity index (χ2n) is 6.25. The maximum Gasteiger partial charge on any atom is 0.165 e. The van der Waals surface area contributed by atoms with Gasteiger partial charge in [0.05, 0.1) is 11.8 Å². The highest BCUT2D eigenvalue weighted by Gasteiger charge is 2.21. The Labute approximate surface area is 138 Å². The van der Waals surface area contributed by atoms with Crippen LogP contribution < -0.4 is 4.74 Å². The Balaban J connectivity index is 1.92. The fourth-order valence-corrected chi connectivity index (χ4v) is 2.98. The molecule has 1 aliphatic rings. The van der Waals surface area contributed by atoms with Crippen molar-refractivity contribution in [1.82, 2.24) is 9.78 Å². The summed E-state index contributed by atoms with van der Waals surface area (Å²) < 4.78 is 22.3. The quantitative estimate of drug-likeness (QED) is 0.751. The minimum absolute atomic E-state index is 0.157. The van der Waals surface area contributed by atoms with E-state index in [9.17, 15) is 4.39 Å². The molecular formula is C17H20BrFN2O. The number of rotatable bonds is 5. The number of hydrogen-bond donors (Lipinski definition) is 0. The normalized spacial score (nSPS) is 15.1. The van der Waals surface area contributed by atoms with E-state index in [1.165, 1.54) is 6.07 Å². The zero-order valence-electron chi connectivity index (χ0n) is 12.9. The van der Waals surface area contributed by atoms with Crippen LogP contribution in [0.1, 0.15) is 38.8 Å². The van der Waals surface area contributed by atoms with Crippen molar-refractivity contribution < 1.29 is 9.13 Å². The Morgan fingerprint density at radius 3 is 2.77 bits per heavy atom. The van der Waals surface area contributed by atoms with Gasteiger partial charge in [0.2, 0.25) is 0 Å². The largest absolute Gasteiger partial charge is 0.487 e. The third kappa shape index (κ3) is 3.35. The van der Waals surface area contributed by atoms with Crippen LogP contribution in [0.4, 0.5) is 4.39 Å². The lowest BCUT2D eigenvalue weighted by Crippen LogP contribution is -2.25. The minimum atomic E-state index is -0.313. The summed E-state index contributed by atoms with van der Waals surface area (Å²) in [5.74, 6) is 0.532. The van der Waals surface area contributed by atoms with Crippen molar-refractivity contribution >= 4 is 15.9 Å².